The maximum absolute atomic E-state index is 12.3. The van der Waals surface area contributed by atoms with Gasteiger partial charge in [0.05, 0.1) is 10.6 Å². The van der Waals surface area contributed by atoms with E-state index >= 15 is 0 Å². The topological polar surface area (TPSA) is 60.2 Å². The molecule has 2 unspecified atom stereocenters. The van der Waals surface area contributed by atoms with Crippen LogP contribution in [-0.2, 0) is 9.84 Å². The van der Waals surface area contributed by atoms with Crippen LogP contribution in [0.25, 0.3) is 0 Å². The first kappa shape index (κ1) is 14.6. The minimum atomic E-state index is -3.21. The van der Waals surface area contributed by atoms with Crippen molar-refractivity contribution in [3.63, 3.8) is 0 Å². The van der Waals surface area contributed by atoms with Crippen molar-refractivity contribution in [3.05, 3.63) is 64.7 Å². The molecular formula is C16H16ClNO2S. The van der Waals surface area contributed by atoms with Crippen LogP contribution >= 0.6 is 11.6 Å². The Hall–Kier alpha value is -1.36. The molecule has 0 saturated carbocycles. The van der Waals surface area contributed by atoms with Crippen molar-refractivity contribution in [1.29, 1.82) is 0 Å². The van der Waals surface area contributed by atoms with Crippen LogP contribution in [0.2, 0.25) is 5.02 Å². The van der Waals surface area contributed by atoms with Crippen LogP contribution in [0, 0.1) is 0 Å². The third-order valence-electron chi connectivity index (χ3n) is 4.09. The van der Waals surface area contributed by atoms with Crippen molar-refractivity contribution < 1.29 is 8.42 Å². The van der Waals surface area contributed by atoms with Gasteiger partial charge in [-0.1, -0.05) is 41.9 Å². The van der Waals surface area contributed by atoms with Crippen molar-refractivity contribution in [2.45, 2.75) is 16.7 Å². The van der Waals surface area contributed by atoms with Gasteiger partial charge >= 0.3 is 0 Å². The average molecular weight is 322 g/mol. The molecule has 5 heteroatoms. The molecule has 1 aliphatic rings. The molecule has 0 spiro atoms. The summed E-state index contributed by atoms with van der Waals surface area (Å²) in [5.41, 5.74) is 7.84. The van der Waals surface area contributed by atoms with Gasteiger partial charge in [-0.05, 0) is 35.9 Å². The van der Waals surface area contributed by atoms with Crippen LogP contribution in [0.15, 0.2) is 53.4 Å². The van der Waals surface area contributed by atoms with E-state index in [4.69, 9.17) is 17.3 Å². The zero-order valence-electron chi connectivity index (χ0n) is 11.4. The fraction of sp³-hybridized carbons (Fsp3) is 0.250. The van der Waals surface area contributed by atoms with Gasteiger partial charge in [0.25, 0.3) is 0 Å². The summed E-state index contributed by atoms with van der Waals surface area (Å²) in [6.45, 7) is 0.399. The zero-order chi connectivity index (χ0) is 15.0. The highest BCUT2D eigenvalue weighted by atomic mass is 35.5. The number of benzene rings is 2. The first-order valence-corrected chi connectivity index (χ1v) is 8.83. The van der Waals surface area contributed by atoms with Crippen molar-refractivity contribution in [1.82, 2.24) is 0 Å². The summed E-state index contributed by atoms with van der Waals surface area (Å²) in [6.07, 6.45) is 0. The van der Waals surface area contributed by atoms with E-state index in [9.17, 15) is 8.42 Å². The van der Waals surface area contributed by atoms with Crippen molar-refractivity contribution in [3.8, 4) is 0 Å². The van der Waals surface area contributed by atoms with Gasteiger partial charge in [0.1, 0.15) is 0 Å². The van der Waals surface area contributed by atoms with Gasteiger partial charge in [0, 0.05) is 16.9 Å². The molecule has 3 nitrogen and oxygen atoms in total. The molecule has 1 aliphatic heterocycles. The third-order valence-corrected chi connectivity index (χ3v) is 6.18. The first-order chi connectivity index (χ1) is 10.0. The number of fused-ring (bicyclic) bond motifs is 1. The number of rotatable bonds is 3. The lowest BCUT2D eigenvalue weighted by Crippen LogP contribution is -2.21. The highest BCUT2D eigenvalue weighted by molar-refractivity contribution is 7.91. The summed E-state index contributed by atoms with van der Waals surface area (Å²) in [5, 5.41) is 0.661. The number of hydrogen-bond donors (Lipinski definition) is 1. The van der Waals surface area contributed by atoms with E-state index in [1.54, 1.807) is 12.1 Å². The normalized spacial score (nSPS) is 21.0. The summed E-state index contributed by atoms with van der Waals surface area (Å²) < 4.78 is 24.6. The summed E-state index contributed by atoms with van der Waals surface area (Å²) in [7, 11) is -3.21. The highest BCUT2D eigenvalue weighted by Crippen LogP contribution is 2.42. The molecule has 2 atom stereocenters. The second-order valence-corrected chi connectivity index (χ2v) is 7.76. The molecule has 110 valence electrons. The molecule has 0 radical (unpaired) electrons. The maximum atomic E-state index is 12.3. The molecule has 2 aromatic rings. The fourth-order valence-electron chi connectivity index (χ4n) is 3.06. The molecule has 2 N–H and O–H groups in total. The third kappa shape index (κ3) is 2.59. The Balaban J connectivity index is 2.05. The van der Waals surface area contributed by atoms with Crippen molar-refractivity contribution in [2.75, 3.05) is 12.3 Å². The summed E-state index contributed by atoms with van der Waals surface area (Å²) in [6, 6.07) is 14.7. The zero-order valence-corrected chi connectivity index (χ0v) is 12.9. The molecule has 1 heterocycles. The van der Waals surface area contributed by atoms with Gasteiger partial charge in [-0.25, -0.2) is 8.42 Å². The average Bonchev–Trinajstić information content (AvgIpc) is 2.74. The Bertz CT molecular complexity index is 756. The molecule has 0 amide bonds. The molecule has 0 aromatic heterocycles. The van der Waals surface area contributed by atoms with Crippen molar-refractivity contribution >= 4 is 21.4 Å². The lowest BCUT2D eigenvalue weighted by Gasteiger charge is -2.22. The van der Waals surface area contributed by atoms with Crippen LogP contribution in [0.4, 0.5) is 0 Å². The minimum Gasteiger partial charge on any atom is -0.330 e. The summed E-state index contributed by atoms with van der Waals surface area (Å²) in [5.74, 6) is -0.00492. The smallest absolute Gasteiger partial charge is 0.179 e. The number of nitrogens with two attached hydrogens (primary N) is 1. The van der Waals surface area contributed by atoms with Gasteiger partial charge in [-0.3, -0.25) is 0 Å². The van der Waals surface area contributed by atoms with Crippen LogP contribution in [0.1, 0.15) is 23.0 Å². The molecule has 2 aromatic carbocycles. The predicted molar refractivity (Wildman–Crippen MR) is 84.5 cm³/mol. The Labute approximate surface area is 129 Å². The monoisotopic (exact) mass is 321 g/mol. The van der Waals surface area contributed by atoms with Gasteiger partial charge < -0.3 is 5.73 Å². The Morgan fingerprint density at radius 3 is 2.48 bits per heavy atom. The van der Waals surface area contributed by atoms with Crippen LogP contribution < -0.4 is 5.73 Å². The predicted octanol–water partition coefficient (Wildman–Crippen LogP) is 2.95. The maximum Gasteiger partial charge on any atom is 0.179 e. The van der Waals surface area contributed by atoms with E-state index in [1.807, 2.05) is 36.4 Å². The van der Waals surface area contributed by atoms with E-state index in [0.717, 1.165) is 11.1 Å². The highest BCUT2D eigenvalue weighted by Gasteiger charge is 2.38. The summed E-state index contributed by atoms with van der Waals surface area (Å²) >= 11 is 5.92. The lowest BCUT2D eigenvalue weighted by molar-refractivity contribution is 0.573. The van der Waals surface area contributed by atoms with E-state index in [2.05, 4.69) is 0 Å². The molecule has 0 bridgehead atoms. The molecule has 0 aliphatic carbocycles. The van der Waals surface area contributed by atoms with Crippen LogP contribution in [-0.4, -0.2) is 20.7 Å². The van der Waals surface area contributed by atoms with Gasteiger partial charge in [-0.2, -0.15) is 0 Å². The number of sulfone groups is 1. The molecule has 3 rings (SSSR count). The minimum absolute atomic E-state index is 0.0271. The summed E-state index contributed by atoms with van der Waals surface area (Å²) in [4.78, 5) is 0.447. The Kier molecular flexibility index (Phi) is 3.78. The van der Waals surface area contributed by atoms with Crippen LogP contribution in [0.5, 0.6) is 0 Å². The Morgan fingerprint density at radius 2 is 1.81 bits per heavy atom. The van der Waals surface area contributed by atoms with E-state index in [-0.39, 0.29) is 17.6 Å². The lowest BCUT2D eigenvalue weighted by atomic mass is 9.83. The quantitative estimate of drug-likeness (QED) is 0.945. The van der Waals surface area contributed by atoms with Gasteiger partial charge in [0.2, 0.25) is 0 Å². The molecule has 21 heavy (non-hydrogen) atoms. The van der Waals surface area contributed by atoms with E-state index in [0.29, 0.717) is 16.5 Å². The van der Waals surface area contributed by atoms with E-state index in [1.165, 1.54) is 0 Å². The second-order valence-electron chi connectivity index (χ2n) is 5.32. The first-order valence-electron chi connectivity index (χ1n) is 6.80. The van der Waals surface area contributed by atoms with Crippen LogP contribution in [0.3, 0.4) is 0 Å². The van der Waals surface area contributed by atoms with Crippen molar-refractivity contribution in [2.24, 2.45) is 5.73 Å². The Morgan fingerprint density at radius 1 is 1.14 bits per heavy atom. The number of halogens is 1. The molecule has 0 saturated heterocycles. The second kappa shape index (κ2) is 5.44. The number of hydrogen-bond acceptors (Lipinski definition) is 3. The largest absolute Gasteiger partial charge is 0.330 e. The fourth-order valence-corrected chi connectivity index (χ4v) is 5.12. The standard InChI is InChI=1S/C16H16ClNO2S/c17-12-7-5-11(6-8-12)14(9-18)15-10-21(19,20)16-4-2-1-3-13(15)16/h1-8,14-15H,9-10,18H2. The van der Waals surface area contributed by atoms with Gasteiger partial charge in [-0.15, -0.1) is 0 Å². The molecule has 0 fully saturated rings. The SMILES string of the molecule is NCC(c1ccc(Cl)cc1)C1CS(=O)(=O)c2ccccc21. The molecular weight excluding hydrogens is 306 g/mol. The van der Waals surface area contributed by atoms with E-state index < -0.39 is 9.84 Å². The van der Waals surface area contributed by atoms with Gasteiger partial charge in [0.15, 0.2) is 9.84 Å².